The van der Waals surface area contributed by atoms with Crippen LogP contribution in [0.4, 0.5) is 5.82 Å². The van der Waals surface area contributed by atoms with Crippen molar-refractivity contribution < 1.29 is 19.4 Å². The quantitative estimate of drug-likeness (QED) is 0.714. The fourth-order valence-corrected chi connectivity index (χ4v) is 2.30. The number of nitrogens with zero attached hydrogens (tertiary/aromatic N) is 3. The molecule has 0 saturated heterocycles. The highest BCUT2D eigenvalue weighted by molar-refractivity contribution is 5.86. The van der Waals surface area contributed by atoms with Gasteiger partial charge in [-0.2, -0.15) is 0 Å². The summed E-state index contributed by atoms with van der Waals surface area (Å²) in [4.78, 5) is 15.2. The normalized spacial score (nSPS) is 10.6. The van der Waals surface area contributed by atoms with Crippen LogP contribution >= 0.6 is 0 Å². The van der Waals surface area contributed by atoms with Gasteiger partial charge in [0.15, 0.2) is 22.8 Å². The summed E-state index contributed by atoms with van der Waals surface area (Å²) in [6.07, 6.45) is 1.28. The van der Waals surface area contributed by atoms with Crippen molar-refractivity contribution >= 4 is 17.4 Å². The third kappa shape index (κ3) is 2.94. The van der Waals surface area contributed by atoms with Crippen molar-refractivity contribution in [2.75, 3.05) is 19.5 Å². The molecular weight excluding hydrogens is 312 g/mol. The van der Waals surface area contributed by atoms with Crippen molar-refractivity contribution in [2.24, 2.45) is 0 Å². The van der Waals surface area contributed by atoms with Gasteiger partial charge in [0, 0.05) is 6.54 Å². The Kier molecular flexibility index (Phi) is 4.19. The van der Waals surface area contributed by atoms with Gasteiger partial charge >= 0.3 is 5.97 Å². The molecule has 0 saturated carbocycles. The second kappa shape index (κ2) is 6.45. The molecule has 0 aliphatic carbocycles. The highest BCUT2D eigenvalue weighted by atomic mass is 16.5. The van der Waals surface area contributed by atoms with Crippen LogP contribution in [-0.4, -0.2) is 39.9 Å². The first-order valence-electron chi connectivity index (χ1n) is 7.15. The molecule has 8 heteroatoms. The van der Waals surface area contributed by atoms with Crippen LogP contribution in [-0.2, 0) is 6.54 Å². The summed E-state index contributed by atoms with van der Waals surface area (Å²) in [5, 5.41) is 16.5. The summed E-state index contributed by atoms with van der Waals surface area (Å²) < 4.78 is 11.8. The molecule has 0 amide bonds. The van der Waals surface area contributed by atoms with E-state index < -0.39 is 5.97 Å². The van der Waals surface area contributed by atoms with Gasteiger partial charge < -0.3 is 19.9 Å². The average Bonchev–Trinajstić information content (AvgIpc) is 3.03. The minimum Gasteiger partial charge on any atom is -0.493 e. The van der Waals surface area contributed by atoms with Gasteiger partial charge in [0.25, 0.3) is 0 Å². The van der Waals surface area contributed by atoms with Crippen molar-refractivity contribution in [1.82, 2.24) is 14.6 Å². The number of fused-ring (bicyclic) bond motifs is 1. The lowest BCUT2D eigenvalue weighted by Crippen LogP contribution is -2.08. The summed E-state index contributed by atoms with van der Waals surface area (Å²) in [5.74, 6) is 0.762. The van der Waals surface area contributed by atoms with E-state index in [4.69, 9.17) is 14.6 Å². The Bertz CT molecular complexity index is 891. The Morgan fingerprint density at radius 2 is 2.00 bits per heavy atom. The molecule has 24 heavy (non-hydrogen) atoms. The topological polar surface area (TPSA) is 98.0 Å². The molecule has 0 radical (unpaired) electrons. The maximum absolute atomic E-state index is 11.2. The SMILES string of the molecule is COc1ccc(CNc2ccc3ncc(C(=O)O)n3n2)cc1OC. The number of carboxylic acids is 1. The number of imidazole rings is 1. The molecule has 0 atom stereocenters. The molecule has 0 unspecified atom stereocenters. The van der Waals surface area contributed by atoms with E-state index in [0.717, 1.165) is 5.56 Å². The van der Waals surface area contributed by atoms with Crippen LogP contribution < -0.4 is 14.8 Å². The maximum atomic E-state index is 11.2. The minimum atomic E-state index is -1.08. The molecule has 124 valence electrons. The van der Waals surface area contributed by atoms with E-state index in [1.54, 1.807) is 26.4 Å². The number of benzene rings is 1. The highest BCUT2D eigenvalue weighted by Crippen LogP contribution is 2.27. The van der Waals surface area contributed by atoms with Gasteiger partial charge in [-0.3, -0.25) is 0 Å². The van der Waals surface area contributed by atoms with E-state index in [0.29, 0.717) is 29.5 Å². The van der Waals surface area contributed by atoms with E-state index in [1.807, 2.05) is 18.2 Å². The number of ether oxygens (including phenoxy) is 2. The van der Waals surface area contributed by atoms with Crippen LogP contribution in [0, 0.1) is 0 Å². The number of aromatic nitrogens is 3. The van der Waals surface area contributed by atoms with Gasteiger partial charge in [0.1, 0.15) is 5.82 Å². The van der Waals surface area contributed by atoms with Crippen molar-refractivity contribution in [3.05, 3.63) is 47.8 Å². The number of aromatic carboxylic acids is 1. The van der Waals surface area contributed by atoms with Crippen LogP contribution in [0.15, 0.2) is 36.5 Å². The molecular formula is C16H16N4O4. The third-order valence-electron chi connectivity index (χ3n) is 3.50. The van der Waals surface area contributed by atoms with Crippen LogP contribution in [0.2, 0.25) is 0 Å². The lowest BCUT2D eigenvalue weighted by molar-refractivity contribution is 0.0688. The molecule has 2 heterocycles. The zero-order valence-corrected chi connectivity index (χ0v) is 13.2. The lowest BCUT2D eigenvalue weighted by Gasteiger charge is -2.10. The predicted octanol–water partition coefficient (Wildman–Crippen LogP) is 2.06. The maximum Gasteiger partial charge on any atom is 0.356 e. The molecule has 3 rings (SSSR count). The molecule has 8 nitrogen and oxygen atoms in total. The minimum absolute atomic E-state index is 0.0137. The van der Waals surface area contributed by atoms with Gasteiger partial charge in [-0.15, -0.1) is 5.10 Å². The first-order chi connectivity index (χ1) is 11.6. The molecule has 0 fully saturated rings. The molecule has 0 aliphatic heterocycles. The fraction of sp³-hybridized carbons (Fsp3) is 0.188. The lowest BCUT2D eigenvalue weighted by atomic mass is 10.2. The predicted molar refractivity (Wildman–Crippen MR) is 86.8 cm³/mol. The largest absolute Gasteiger partial charge is 0.493 e. The Labute approximate surface area is 137 Å². The molecule has 0 bridgehead atoms. The van der Waals surface area contributed by atoms with Gasteiger partial charge in [0.2, 0.25) is 0 Å². The standard InChI is InChI=1S/C16H16N4O4/c1-23-12-4-3-10(7-13(12)24-2)8-17-14-5-6-15-18-9-11(16(21)22)20(15)19-14/h3-7,9H,8H2,1-2H3,(H,17,19)(H,21,22). The van der Waals surface area contributed by atoms with Crippen molar-refractivity contribution in [3.63, 3.8) is 0 Å². The summed E-state index contributed by atoms with van der Waals surface area (Å²) >= 11 is 0. The van der Waals surface area contributed by atoms with E-state index in [9.17, 15) is 4.79 Å². The average molecular weight is 328 g/mol. The van der Waals surface area contributed by atoms with Crippen LogP contribution in [0.25, 0.3) is 5.65 Å². The Morgan fingerprint density at radius 1 is 1.21 bits per heavy atom. The fourth-order valence-electron chi connectivity index (χ4n) is 2.30. The van der Waals surface area contributed by atoms with Crippen LogP contribution in [0.5, 0.6) is 11.5 Å². The van der Waals surface area contributed by atoms with Crippen LogP contribution in [0.1, 0.15) is 16.1 Å². The third-order valence-corrected chi connectivity index (χ3v) is 3.50. The van der Waals surface area contributed by atoms with Crippen LogP contribution in [0.3, 0.4) is 0 Å². The van der Waals surface area contributed by atoms with Gasteiger partial charge in [-0.05, 0) is 29.8 Å². The van der Waals surface area contributed by atoms with Crippen molar-refractivity contribution in [3.8, 4) is 11.5 Å². The zero-order valence-electron chi connectivity index (χ0n) is 13.2. The summed E-state index contributed by atoms with van der Waals surface area (Å²) in [5.41, 5.74) is 1.46. The number of hydrogen-bond acceptors (Lipinski definition) is 6. The number of carbonyl (C=O) groups is 1. The second-order valence-corrected chi connectivity index (χ2v) is 4.98. The number of hydrogen-bond donors (Lipinski definition) is 2. The van der Waals surface area contributed by atoms with E-state index >= 15 is 0 Å². The van der Waals surface area contributed by atoms with Gasteiger partial charge in [-0.25, -0.2) is 14.3 Å². The number of anilines is 1. The van der Waals surface area contributed by atoms with E-state index in [1.165, 1.54) is 10.7 Å². The Balaban J connectivity index is 1.80. The monoisotopic (exact) mass is 328 g/mol. The van der Waals surface area contributed by atoms with Gasteiger partial charge in [0.05, 0.1) is 20.4 Å². The van der Waals surface area contributed by atoms with E-state index in [-0.39, 0.29) is 5.69 Å². The first kappa shape index (κ1) is 15.6. The molecule has 0 spiro atoms. The van der Waals surface area contributed by atoms with E-state index in [2.05, 4.69) is 15.4 Å². The Hall–Kier alpha value is -3.29. The number of rotatable bonds is 6. The summed E-state index contributed by atoms with van der Waals surface area (Å²) in [7, 11) is 3.16. The van der Waals surface area contributed by atoms with Crippen molar-refractivity contribution in [1.29, 1.82) is 0 Å². The number of nitrogens with one attached hydrogen (secondary N) is 1. The zero-order chi connectivity index (χ0) is 17.1. The van der Waals surface area contributed by atoms with Crippen molar-refractivity contribution in [2.45, 2.75) is 6.54 Å². The first-order valence-corrected chi connectivity index (χ1v) is 7.15. The molecule has 0 aliphatic rings. The molecule has 2 N–H and O–H groups in total. The molecule has 2 aromatic heterocycles. The van der Waals surface area contributed by atoms with Gasteiger partial charge in [-0.1, -0.05) is 6.07 Å². The molecule has 3 aromatic rings. The Morgan fingerprint density at radius 3 is 2.71 bits per heavy atom. The second-order valence-electron chi connectivity index (χ2n) is 4.98. The highest BCUT2D eigenvalue weighted by Gasteiger charge is 2.12. The summed E-state index contributed by atoms with van der Waals surface area (Å²) in [6, 6.07) is 9.05. The number of methoxy groups -OCH3 is 2. The number of carboxylic acid groups (broad SMARTS) is 1. The summed E-state index contributed by atoms with van der Waals surface area (Å²) in [6.45, 7) is 0.496. The molecule has 1 aromatic carbocycles. The smallest absolute Gasteiger partial charge is 0.356 e.